The van der Waals surface area contributed by atoms with Crippen LogP contribution in [0.3, 0.4) is 0 Å². The summed E-state index contributed by atoms with van der Waals surface area (Å²) in [5.74, 6) is -7.45. The molecule has 0 saturated heterocycles. The van der Waals surface area contributed by atoms with E-state index in [2.05, 4.69) is 10.6 Å². The van der Waals surface area contributed by atoms with Crippen molar-refractivity contribution < 1.29 is 39.6 Å². The number of primary amides is 1. The molecule has 0 heterocycles. The Labute approximate surface area is 246 Å². The maximum absolute atomic E-state index is 14.1. The zero-order chi connectivity index (χ0) is 31.5. The van der Waals surface area contributed by atoms with Gasteiger partial charge in [-0.1, -0.05) is 18.2 Å². The van der Waals surface area contributed by atoms with Crippen molar-refractivity contribution in [1.29, 1.82) is 0 Å². The van der Waals surface area contributed by atoms with Gasteiger partial charge in [-0.3, -0.25) is 19.3 Å². The van der Waals surface area contributed by atoms with Crippen molar-refractivity contribution in [3.63, 3.8) is 0 Å². The molecule has 0 aromatic heterocycles. The second-order valence-electron chi connectivity index (χ2n) is 11.4. The minimum absolute atomic E-state index is 0.0289. The zero-order valence-corrected chi connectivity index (χ0v) is 24.0. The van der Waals surface area contributed by atoms with Gasteiger partial charge in [0, 0.05) is 37.0 Å². The number of nitrogens with zero attached hydrogens (tertiary/aromatic N) is 2. The smallest absolute Gasteiger partial charge is 0.323 e. The first-order valence-electron chi connectivity index (χ1n) is 13.5. The second kappa shape index (κ2) is 10.4. The van der Waals surface area contributed by atoms with Crippen LogP contribution in [0.25, 0.3) is 5.76 Å². The number of carbonyl (C=O) groups excluding carboxylic acids is 4. The number of hydrogen-bond acceptors (Lipinski definition) is 10. The molecular weight excluding hydrogens is 558 g/mol. The average Bonchev–Trinajstić information content (AvgIpc) is 2.92. The van der Waals surface area contributed by atoms with Gasteiger partial charge < -0.3 is 41.7 Å². The maximum atomic E-state index is 14.1. The van der Waals surface area contributed by atoms with Gasteiger partial charge in [-0.05, 0) is 56.6 Å². The van der Waals surface area contributed by atoms with E-state index in [9.17, 15) is 39.6 Å². The van der Waals surface area contributed by atoms with Crippen LogP contribution in [0.5, 0.6) is 5.75 Å². The number of phenols is 1. The minimum Gasteiger partial charge on any atom is -0.508 e. The van der Waals surface area contributed by atoms with Crippen molar-refractivity contribution >= 4 is 46.3 Å². The number of para-hydroxylation sites is 1. The van der Waals surface area contributed by atoms with Crippen LogP contribution in [0.15, 0.2) is 53.3 Å². The normalized spacial score (nSPS) is 24.7. The lowest BCUT2D eigenvalue weighted by molar-refractivity contribution is -0.153. The molecule has 8 N–H and O–H groups in total. The SMILES string of the molecule is CN(C)c1cc(NC(=O)Nc2ccccc2)c(O)c2c1CC1CC3[C@H](N(C)C)C(=O)C(C(N)=O)=C(O)[C@@]3(O)C(=O)C1=C2O. The fourth-order valence-electron chi connectivity index (χ4n) is 6.59. The van der Waals surface area contributed by atoms with Gasteiger partial charge in [0.05, 0.1) is 17.3 Å². The molecule has 3 aliphatic carbocycles. The minimum atomic E-state index is -2.74. The molecule has 1 fully saturated rings. The van der Waals surface area contributed by atoms with Gasteiger partial charge in [-0.25, -0.2) is 4.79 Å². The molecule has 0 aliphatic heterocycles. The Morgan fingerprint density at radius 3 is 2.26 bits per heavy atom. The number of urea groups is 1. The number of fused-ring (bicyclic) bond motifs is 3. The third-order valence-corrected chi connectivity index (χ3v) is 8.46. The molecule has 0 bridgehead atoms. The molecule has 2 aromatic rings. The zero-order valence-electron chi connectivity index (χ0n) is 24.0. The van der Waals surface area contributed by atoms with Gasteiger partial charge in [0.2, 0.25) is 5.78 Å². The van der Waals surface area contributed by atoms with Crippen molar-refractivity contribution in [3.8, 4) is 5.75 Å². The van der Waals surface area contributed by atoms with Crippen LogP contribution in [0.4, 0.5) is 21.9 Å². The number of amides is 3. The average molecular weight is 592 g/mol. The summed E-state index contributed by atoms with van der Waals surface area (Å²) >= 11 is 0. The number of phenolic OH excluding ortho intramolecular Hbond substituents is 1. The quantitative estimate of drug-likeness (QED) is 0.198. The number of nitrogens with two attached hydrogens (primary N) is 1. The number of nitrogens with one attached hydrogen (secondary N) is 2. The summed E-state index contributed by atoms with van der Waals surface area (Å²) in [5, 5.41) is 50.9. The monoisotopic (exact) mass is 591 g/mol. The lowest BCUT2D eigenvalue weighted by Crippen LogP contribution is -2.65. The van der Waals surface area contributed by atoms with E-state index < -0.39 is 69.8 Å². The van der Waals surface area contributed by atoms with E-state index in [1.54, 1.807) is 55.4 Å². The number of anilines is 3. The number of Topliss-reactive ketones (excluding diaryl/α,β-unsaturated/α-hetero) is 2. The molecule has 3 aliphatic rings. The van der Waals surface area contributed by atoms with Crippen molar-refractivity contribution in [2.24, 2.45) is 17.6 Å². The van der Waals surface area contributed by atoms with Gasteiger partial charge in [0.15, 0.2) is 17.1 Å². The molecule has 3 amide bonds. The predicted octanol–water partition coefficient (Wildman–Crippen LogP) is 1.67. The van der Waals surface area contributed by atoms with Gasteiger partial charge in [0.25, 0.3) is 5.91 Å². The molecule has 13 heteroatoms. The number of benzene rings is 2. The summed E-state index contributed by atoms with van der Waals surface area (Å²) in [6.07, 6.45) is 0.0883. The molecule has 13 nitrogen and oxygen atoms in total. The topological polar surface area (TPSA) is 206 Å². The Kier molecular flexibility index (Phi) is 7.19. The molecule has 0 spiro atoms. The number of aromatic hydroxyl groups is 1. The van der Waals surface area contributed by atoms with Crippen LogP contribution < -0.4 is 21.3 Å². The maximum Gasteiger partial charge on any atom is 0.323 e. The largest absolute Gasteiger partial charge is 0.508 e. The fraction of sp³-hybridized carbons (Fsp3) is 0.333. The molecule has 2 unspecified atom stereocenters. The van der Waals surface area contributed by atoms with Gasteiger partial charge in [-0.15, -0.1) is 0 Å². The number of hydrogen-bond donors (Lipinski definition) is 7. The van der Waals surface area contributed by atoms with Gasteiger partial charge in [0.1, 0.15) is 17.1 Å². The van der Waals surface area contributed by atoms with Crippen LogP contribution in [-0.4, -0.2) is 88.7 Å². The van der Waals surface area contributed by atoms with E-state index in [1.807, 2.05) is 0 Å². The van der Waals surface area contributed by atoms with Crippen LogP contribution in [0.2, 0.25) is 0 Å². The molecule has 2 aromatic carbocycles. The molecule has 43 heavy (non-hydrogen) atoms. The number of ketones is 2. The first kappa shape index (κ1) is 29.6. The molecule has 1 saturated carbocycles. The van der Waals surface area contributed by atoms with E-state index >= 15 is 0 Å². The third kappa shape index (κ3) is 4.48. The highest BCUT2D eigenvalue weighted by molar-refractivity contribution is 6.24. The van der Waals surface area contributed by atoms with Gasteiger partial charge in [-0.2, -0.15) is 0 Å². The van der Waals surface area contributed by atoms with Crippen molar-refractivity contribution in [3.05, 3.63) is 64.4 Å². The Balaban J connectivity index is 1.65. The Hall–Kier alpha value is -4.88. The van der Waals surface area contributed by atoms with Crippen molar-refractivity contribution in [1.82, 2.24) is 4.90 Å². The molecule has 4 atom stereocenters. The van der Waals surface area contributed by atoms with Crippen LogP contribution in [-0.2, 0) is 20.8 Å². The highest BCUT2D eigenvalue weighted by Crippen LogP contribution is 2.54. The number of rotatable bonds is 5. The first-order valence-corrected chi connectivity index (χ1v) is 13.5. The first-order chi connectivity index (χ1) is 20.2. The predicted molar refractivity (Wildman–Crippen MR) is 158 cm³/mol. The molecule has 0 radical (unpaired) electrons. The van der Waals surface area contributed by atoms with Crippen LogP contribution in [0.1, 0.15) is 17.5 Å². The number of aliphatic hydroxyl groups is 3. The van der Waals surface area contributed by atoms with E-state index in [-0.39, 0.29) is 29.7 Å². The molecule has 226 valence electrons. The summed E-state index contributed by atoms with van der Waals surface area (Å²) < 4.78 is 0. The van der Waals surface area contributed by atoms with E-state index in [0.29, 0.717) is 16.9 Å². The lowest BCUT2D eigenvalue weighted by atomic mass is 9.57. The van der Waals surface area contributed by atoms with Gasteiger partial charge >= 0.3 is 6.03 Å². The summed E-state index contributed by atoms with van der Waals surface area (Å²) in [5.41, 5.74) is 2.79. The number of carbonyl (C=O) groups is 4. The van der Waals surface area contributed by atoms with Crippen molar-refractivity contribution in [2.75, 3.05) is 43.7 Å². The highest BCUT2D eigenvalue weighted by Gasteiger charge is 2.64. The summed E-state index contributed by atoms with van der Waals surface area (Å²) in [4.78, 5) is 55.4. The second-order valence-corrected chi connectivity index (χ2v) is 11.4. The van der Waals surface area contributed by atoms with E-state index in [1.165, 1.54) is 19.0 Å². The lowest BCUT2D eigenvalue weighted by Gasteiger charge is -2.50. The van der Waals surface area contributed by atoms with Crippen LogP contribution >= 0.6 is 0 Å². The van der Waals surface area contributed by atoms with Crippen LogP contribution in [0, 0.1) is 11.8 Å². The number of aliphatic hydroxyl groups excluding tert-OH is 2. The Morgan fingerprint density at radius 2 is 1.67 bits per heavy atom. The Morgan fingerprint density at radius 1 is 1.02 bits per heavy atom. The highest BCUT2D eigenvalue weighted by atomic mass is 16.3. The van der Waals surface area contributed by atoms with E-state index in [4.69, 9.17) is 5.73 Å². The fourth-order valence-corrected chi connectivity index (χ4v) is 6.59. The number of likely N-dealkylation sites (N-methyl/N-ethyl adjacent to an activating group) is 1. The molecule has 5 rings (SSSR count). The van der Waals surface area contributed by atoms with E-state index in [0.717, 1.165) is 0 Å². The standard InChI is InChI=1S/C30H33N5O8/c1-34(2)18-12-17(33-29(42)32-14-8-6-5-7-9-14)23(36)20-15(18)10-13-11-16-22(35(3)4)25(38)21(28(31)41)27(40)30(16,43)26(39)19(13)24(20)37/h5-9,12-13,16,22,36-37,40,43H,10-11H2,1-4H3,(H2,31,41)(H2,32,33,42)/t13?,16?,22-,30-/m0/s1. The summed E-state index contributed by atoms with van der Waals surface area (Å²) in [6.45, 7) is 0. The van der Waals surface area contributed by atoms with Crippen molar-refractivity contribution in [2.45, 2.75) is 24.5 Å². The Bertz CT molecular complexity index is 1630. The summed E-state index contributed by atoms with van der Waals surface area (Å²) in [7, 11) is 6.55. The third-order valence-electron chi connectivity index (χ3n) is 8.46. The molecular formula is C30H33N5O8. The summed E-state index contributed by atoms with van der Waals surface area (Å²) in [6, 6.07) is 8.30.